The second kappa shape index (κ2) is 4.02. The van der Waals surface area contributed by atoms with E-state index in [0.717, 1.165) is 18.7 Å². The lowest BCUT2D eigenvalue weighted by Gasteiger charge is -2.14. The van der Waals surface area contributed by atoms with E-state index in [9.17, 15) is 5.11 Å². The number of aromatic nitrogens is 2. The minimum absolute atomic E-state index is 0.173. The lowest BCUT2D eigenvalue weighted by Crippen LogP contribution is -2.14. The lowest BCUT2D eigenvalue weighted by molar-refractivity contribution is 0.0877. The highest BCUT2D eigenvalue weighted by atomic mass is 16.5. The summed E-state index contributed by atoms with van der Waals surface area (Å²) in [5.74, 6) is 0.173. The third-order valence-electron chi connectivity index (χ3n) is 2.53. The maximum Gasteiger partial charge on any atom is 0.103 e. The molecule has 4 nitrogen and oxygen atoms in total. The van der Waals surface area contributed by atoms with Crippen molar-refractivity contribution in [1.82, 2.24) is 10.2 Å². The van der Waals surface area contributed by atoms with E-state index in [-0.39, 0.29) is 5.92 Å². The van der Waals surface area contributed by atoms with Gasteiger partial charge in [0.25, 0.3) is 0 Å². The van der Waals surface area contributed by atoms with Crippen LogP contribution in [0.15, 0.2) is 12.1 Å². The first-order valence-electron chi connectivity index (χ1n) is 4.83. The number of aliphatic hydroxyl groups excluding tert-OH is 1. The maximum atomic E-state index is 9.93. The van der Waals surface area contributed by atoms with Crippen molar-refractivity contribution in [3.8, 4) is 0 Å². The first kappa shape index (κ1) is 9.55. The first-order chi connectivity index (χ1) is 6.77. The van der Waals surface area contributed by atoms with Crippen LogP contribution in [0.4, 0.5) is 0 Å². The van der Waals surface area contributed by atoms with Crippen LogP contribution in [0, 0.1) is 12.8 Å². The number of nitrogens with zero attached hydrogens (tertiary/aromatic N) is 2. The van der Waals surface area contributed by atoms with Gasteiger partial charge in [-0.15, -0.1) is 0 Å². The van der Waals surface area contributed by atoms with Crippen LogP contribution in [-0.4, -0.2) is 28.5 Å². The highest BCUT2D eigenvalue weighted by molar-refractivity contribution is 5.09. The molecule has 0 aliphatic carbocycles. The quantitative estimate of drug-likeness (QED) is 0.758. The Kier molecular flexibility index (Phi) is 2.74. The summed E-state index contributed by atoms with van der Waals surface area (Å²) in [6.45, 7) is 3.24. The highest BCUT2D eigenvalue weighted by Gasteiger charge is 2.26. The van der Waals surface area contributed by atoms with E-state index < -0.39 is 6.10 Å². The molecule has 1 aromatic rings. The Morgan fingerprint density at radius 3 is 2.93 bits per heavy atom. The fourth-order valence-electron chi connectivity index (χ4n) is 1.61. The number of ether oxygens (including phenoxy) is 1. The van der Waals surface area contributed by atoms with Crippen molar-refractivity contribution in [2.75, 3.05) is 13.2 Å². The van der Waals surface area contributed by atoms with Gasteiger partial charge in [0.2, 0.25) is 0 Å². The zero-order valence-electron chi connectivity index (χ0n) is 8.18. The van der Waals surface area contributed by atoms with Crippen LogP contribution in [0.25, 0.3) is 0 Å². The number of rotatable bonds is 2. The Bertz CT molecular complexity index is 293. The molecule has 1 N–H and O–H groups in total. The van der Waals surface area contributed by atoms with Gasteiger partial charge in [-0.1, -0.05) is 0 Å². The normalized spacial score (nSPS) is 23.7. The fraction of sp³-hybridized carbons (Fsp3) is 0.600. The van der Waals surface area contributed by atoms with Gasteiger partial charge in [-0.05, 0) is 25.5 Å². The van der Waals surface area contributed by atoms with E-state index in [1.54, 1.807) is 0 Å². The maximum absolute atomic E-state index is 9.93. The average molecular weight is 194 g/mol. The summed E-state index contributed by atoms with van der Waals surface area (Å²) in [6, 6.07) is 3.69. The Morgan fingerprint density at radius 1 is 1.50 bits per heavy atom. The Labute approximate surface area is 82.9 Å². The lowest BCUT2D eigenvalue weighted by atomic mass is 9.99. The summed E-state index contributed by atoms with van der Waals surface area (Å²) < 4.78 is 5.22. The molecule has 1 saturated heterocycles. The third kappa shape index (κ3) is 1.91. The van der Waals surface area contributed by atoms with Crippen LogP contribution in [0.2, 0.25) is 0 Å². The molecule has 0 amide bonds. The summed E-state index contributed by atoms with van der Waals surface area (Å²) in [4.78, 5) is 0. The number of hydrogen-bond donors (Lipinski definition) is 1. The molecule has 0 aromatic carbocycles. The van der Waals surface area contributed by atoms with Crippen LogP contribution < -0.4 is 0 Å². The minimum atomic E-state index is -0.536. The summed E-state index contributed by atoms with van der Waals surface area (Å²) in [5, 5.41) is 17.8. The van der Waals surface area contributed by atoms with Gasteiger partial charge in [0.1, 0.15) is 6.10 Å². The van der Waals surface area contributed by atoms with Crippen LogP contribution in [0.3, 0.4) is 0 Å². The Balaban J connectivity index is 2.09. The number of hydrogen-bond acceptors (Lipinski definition) is 4. The summed E-state index contributed by atoms with van der Waals surface area (Å²) >= 11 is 0. The van der Waals surface area contributed by atoms with E-state index in [1.807, 2.05) is 19.1 Å². The number of aliphatic hydroxyl groups is 1. The van der Waals surface area contributed by atoms with E-state index in [1.165, 1.54) is 0 Å². The summed E-state index contributed by atoms with van der Waals surface area (Å²) in [5.41, 5.74) is 1.51. The van der Waals surface area contributed by atoms with Gasteiger partial charge >= 0.3 is 0 Å². The molecule has 0 radical (unpaired) electrons. The molecule has 14 heavy (non-hydrogen) atoms. The van der Waals surface area contributed by atoms with Crippen molar-refractivity contribution >= 4 is 0 Å². The highest BCUT2D eigenvalue weighted by Crippen LogP contribution is 2.26. The van der Waals surface area contributed by atoms with E-state index in [4.69, 9.17) is 4.74 Å². The van der Waals surface area contributed by atoms with E-state index in [2.05, 4.69) is 10.2 Å². The molecule has 1 fully saturated rings. The zero-order chi connectivity index (χ0) is 9.97. The average Bonchev–Trinajstić information content (AvgIpc) is 2.71. The topological polar surface area (TPSA) is 55.2 Å². The molecule has 76 valence electrons. The molecule has 2 heterocycles. The molecule has 4 heteroatoms. The van der Waals surface area contributed by atoms with Crippen LogP contribution in [-0.2, 0) is 4.74 Å². The largest absolute Gasteiger partial charge is 0.386 e. The van der Waals surface area contributed by atoms with Crippen molar-refractivity contribution in [2.45, 2.75) is 19.4 Å². The van der Waals surface area contributed by atoms with Gasteiger partial charge in [0, 0.05) is 12.5 Å². The summed E-state index contributed by atoms with van der Waals surface area (Å²) in [7, 11) is 0. The monoisotopic (exact) mass is 194 g/mol. The SMILES string of the molecule is Cc1ccc(C(O)C2CCOC2)nn1. The van der Waals surface area contributed by atoms with Crippen molar-refractivity contribution < 1.29 is 9.84 Å². The van der Waals surface area contributed by atoms with E-state index in [0.29, 0.717) is 12.3 Å². The van der Waals surface area contributed by atoms with Gasteiger partial charge in [-0.3, -0.25) is 0 Å². The molecule has 1 aliphatic heterocycles. The molecule has 0 saturated carbocycles. The molecule has 2 unspecified atom stereocenters. The summed E-state index contributed by atoms with van der Waals surface area (Å²) in [6.07, 6.45) is 0.363. The predicted molar refractivity (Wildman–Crippen MR) is 50.7 cm³/mol. The first-order valence-corrected chi connectivity index (χ1v) is 4.83. The second-order valence-corrected chi connectivity index (χ2v) is 3.67. The van der Waals surface area contributed by atoms with Crippen molar-refractivity contribution in [3.63, 3.8) is 0 Å². The van der Waals surface area contributed by atoms with Gasteiger partial charge in [-0.25, -0.2) is 0 Å². The molecule has 1 aliphatic rings. The van der Waals surface area contributed by atoms with Crippen molar-refractivity contribution in [3.05, 3.63) is 23.5 Å². The second-order valence-electron chi connectivity index (χ2n) is 3.67. The van der Waals surface area contributed by atoms with Gasteiger partial charge in [0.05, 0.1) is 18.0 Å². The van der Waals surface area contributed by atoms with Crippen LogP contribution >= 0.6 is 0 Å². The third-order valence-corrected chi connectivity index (χ3v) is 2.53. The molecular weight excluding hydrogens is 180 g/mol. The van der Waals surface area contributed by atoms with Crippen molar-refractivity contribution in [1.29, 1.82) is 0 Å². The molecule has 0 bridgehead atoms. The van der Waals surface area contributed by atoms with Crippen LogP contribution in [0.1, 0.15) is 23.9 Å². The fourth-order valence-corrected chi connectivity index (χ4v) is 1.61. The number of aryl methyl sites for hydroxylation is 1. The molecule has 0 spiro atoms. The standard InChI is InChI=1S/C10H14N2O2/c1-7-2-3-9(12-11-7)10(13)8-4-5-14-6-8/h2-3,8,10,13H,4-6H2,1H3. The van der Waals surface area contributed by atoms with Gasteiger partial charge < -0.3 is 9.84 Å². The Hall–Kier alpha value is -1.00. The molecular formula is C10H14N2O2. The van der Waals surface area contributed by atoms with Gasteiger partial charge in [0.15, 0.2) is 0 Å². The zero-order valence-corrected chi connectivity index (χ0v) is 8.18. The molecule has 2 rings (SSSR count). The van der Waals surface area contributed by atoms with Crippen LogP contribution in [0.5, 0.6) is 0 Å². The van der Waals surface area contributed by atoms with Crippen molar-refractivity contribution in [2.24, 2.45) is 5.92 Å². The Morgan fingerprint density at radius 2 is 2.36 bits per heavy atom. The van der Waals surface area contributed by atoms with Gasteiger partial charge in [-0.2, -0.15) is 10.2 Å². The predicted octanol–water partition coefficient (Wildman–Crippen LogP) is 0.855. The minimum Gasteiger partial charge on any atom is -0.386 e. The molecule has 2 atom stereocenters. The smallest absolute Gasteiger partial charge is 0.103 e. The molecule has 1 aromatic heterocycles. The van der Waals surface area contributed by atoms with E-state index >= 15 is 0 Å².